The molecule has 0 bridgehead atoms. The zero-order valence-corrected chi connectivity index (χ0v) is 9.41. The third-order valence-electron chi connectivity index (χ3n) is 1.78. The number of alkyl halides is 3. The maximum atomic E-state index is 12.0. The first-order valence-corrected chi connectivity index (χ1v) is 4.94. The van der Waals surface area contributed by atoms with Crippen molar-refractivity contribution in [2.24, 2.45) is 0 Å². The molecule has 9 heteroatoms. The number of hydrogen-bond donors (Lipinski definition) is 2. The van der Waals surface area contributed by atoms with Gasteiger partial charge in [-0.25, -0.2) is 4.79 Å². The summed E-state index contributed by atoms with van der Waals surface area (Å²) < 4.78 is 40.4. The van der Waals surface area contributed by atoms with Crippen LogP contribution < -0.4 is 5.32 Å². The lowest BCUT2D eigenvalue weighted by Gasteiger charge is -2.17. The molecule has 0 heterocycles. The van der Waals surface area contributed by atoms with Crippen molar-refractivity contribution < 1.29 is 37.4 Å². The molecule has 0 saturated carbocycles. The van der Waals surface area contributed by atoms with Crippen molar-refractivity contribution >= 4 is 17.8 Å². The molecule has 0 aromatic heterocycles. The minimum absolute atomic E-state index is 0.0930. The van der Waals surface area contributed by atoms with E-state index in [-0.39, 0.29) is 6.61 Å². The Hall–Kier alpha value is -1.80. The summed E-state index contributed by atoms with van der Waals surface area (Å²) in [6.45, 7) is 1.34. The standard InChI is InChI=1S/C9H12F3NO5/c1-2-18-7(16)5(3-4-6(14)15)13-8(17)9(10,11)12/h5H,2-4H2,1H3,(H,13,17)(H,14,15). The largest absolute Gasteiger partial charge is 0.481 e. The summed E-state index contributed by atoms with van der Waals surface area (Å²) >= 11 is 0. The highest BCUT2D eigenvalue weighted by molar-refractivity contribution is 5.87. The van der Waals surface area contributed by atoms with Gasteiger partial charge < -0.3 is 15.2 Å². The second kappa shape index (κ2) is 6.82. The van der Waals surface area contributed by atoms with Crippen molar-refractivity contribution in [2.45, 2.75) is 32.0 Å². The van der Waals surface area contributed by atoms with Crippen molar-refractivity contribution in [3.63, 3.8) is 0 Å². The van der Waals surface area contributed by atoms with E-state index in [2.05, 4.69) is 4.74 Å². The fourth-order valence-corrected chi connectivity index (χ4v) is 1.000. The van der Waals surface area contributed by atoms with Gasteiger partial charge in [0.2, 0.25) is 0 Å². The zero-order valence-electron chi connectivity index (χ0n) is 9.41. The van der Waals surface area contributed by atoms with E-state index in [1.807, 2.05) is 0 Å². The number of esters is 1. The smallest absolute Gasteiger partial charge is 0.471 e. The monoisotopic (exact) mass is 271 g/mol. The van der Waals surface area contributed by atoms with E-state index >= 15 is 0 Å². The Bertz CT molecular complexity index is 329. The second-order valence-electron chi connectivity index (χ2n) is 3.21. The summed E-state index contributed by atoms with van der Waals surface area (Å²) in [6, 6.07) is -1.63. The number of carboxylic acid groups (broad SMARTS) is 1. The highest BCUT2D eigenvalue weighted by atomic mass is 19.4. The van der Waals surface area contributed by atoms with Crippen LogP contribution in [0.25, 0.3) is 0 Å². The average Bonchev–Trinajstić information content (AvgIpc) is 2.22. The van der Waals surface area contributed by atoms with Gasteiger partial charge in [0.1, 0.15) is 6.04 Å². The minimum Gasteiger partial charge on any atom is -0.481 e. The van der Waals surface area contributed by atoms with Crippen molar-refractivity contribution in [3.05, 3.63) is 0 Å². The van der Waals surface area contributed by atoms with Gasteiger partial charge in [0.25, 0.3) is 0 Å². The van der Waals surface area contributed by atoms with Crippen molar-refractivity contribution in [1.29, 1.82) is 0 Å². The Balaban J connectivity index is 4.61. The van der Waals surface area contributed by atoms with E-state index in [1.54, 1.807) is 0 Å². The number of carbonyl (C=O) groups is 3. The normalized spacial score (nSPS) is 12.7. The van der Waals surface area contributed by atoms with E-state index in [4.69, 9.17) is 5.11 Å². The molecule has 1 atom stereocenters. The van der Waals surface area contributed by atoms with Gasteiger partial charge in [-0.1, -0.05) is 0 Å². The van der Waals surface area contributed by atoms with Crippen LogP contribution >= 0.6 is 0 Å². The lowest BCUT2D eigenvalue weighted by molar-refractivity contribution is -0.176. The summed E-state index contributed by atoms with van der Waals surface area (Å²) in [5, 5.41) is 9.78. The minimum atomic E-state index is -5.14. The highest BCUT2D eigenvalue weighted by Crippen LogP contribution is 2.15. The van der Waals surface area contributed by atoms with Crippen LogP contribution in [0.3, 0.4) is 0 Å². The molecule has 1 amide bonds. The predicted molar refractivity (Wildman–Crippen MR) is 51.5 cm³/mol. The van der Waals surface area contributed by atoms with Crippen molar-refractivity contribution in [2.75, 3.05) is 6.61 Å². The lowest BCUT2D eigenvalue weighted by Crippen LogP contribution is -2.47. The third kappa shape index (κ3) is 6.06. The van der Waals surface area contributed by atoms with Crippen LogP contribution in [0.1, 0.15) is 19.8 Å². The van der Waals surface area contributed by atoms with E-state index in [9.17, 15) is 27.6 Å². The van der Waals surface area contributed by atoms with Gasteiger partial charge in [-0.05, 0) is 13.3 Å². The Morgan fingerprint density at radius 1 is 1.33 bits per heavy atom. The first-order valence-electron chi connectivity index (χ1n) is 4.94. The van der Waals surface area contributed by atoms with E-state index in [1.165, 1.54) is 12.2 Å². The number of hydrogen-bond acceptors (Lipinski definition) is 4. The van der Waals surface area contributed by atoms with E-state index in [0.29, 0.717) is 0 Å². The molecule has 0 aliphatic rings. The molecule has 0 spiro atoms. The molecule has 1 unspecified atom stereocenters. The van der Waals surface area contributed by atoms with Gasteiger partial charge in [0, 0.05) is 6.42 Å². The van der Waals surface area contributed by atoms with Crippen LogP contribution in [0.15, 0.2) is 0 Å². The van der Waals surface area contributed by atoms with Crippen LogP contribution in [0.4, 0.5) is 13.2 Å². The zero-order chi connectivity index (χ0) is 14.3. The average molecular weight is 271 g/mol. The molecular formula is C9H12F3NO5. The number of carbonyl (C=O) groups excluding carboxylic acids is 2. The van der Waals surface area contributed by atoms with Gasteiger partial charge in [-0.15, -0.1) is 0 Å². The lowest BCUT2D eigenvalue weighted by atomic mass is 10.1. The quantitative estimate of drug-likeness (QED) is 0.685. The molecule has 0 aromatic rings. The summed E-state index contributed by atoms with van der Waals surface area (Å²) in [6.07, 6.45) is -6.19. The molecule has 0 saturated heterocycles. The van der Waals surface area contributed by atoms with Gasteiger partial charge in [0.15, 0.2) is 0 Å². The first-order chi connectivity index (χ1) is 8.18. The van der Waals surface area contributed by atoms with Crippen molar-refractivity contribution in [3.8, 4) is 0 Å². The summed E-state index contributed by atoms with van der Waals surface area (Å²) in [5.74, 6) is -4.71. The molecule has 0 aliphatic carbocycles. The van der Waals surface area contributed by atoms with Crippen molar-refractivity contribution in [1.82, 2.24) is 5.32 Å². The first kappa shape index (κ1) is 16.2. The highest BCUT2D eigenvalue weighted by Gasteiger charge is 2.41. The number of ether oxygens (including phenoxy) is 1. The molecule has 6 nitrogen and oxygen atoms in total. The maximum absolute atomic E-state index is 12.0. The van der Waals surface area contributed by atoms with Gasteiger partial charge in [-0.2, -0.15) is 13.2 Å². The van der Waals surface area contributed by atoms with Crippen LogP contribution in [0.2, 0.25) is 0 Å². The molecular weight excluding hydrogens is 259 g/mol. The van der Waals surface area contributed by atoms with E-state index < -0.39 is 42.9 Å². The molecule has 2 N–H and O–H groups in total. The second-order valence-corrected chi connectivity index (χ2v) is 3.21. The predicted octanol–water partition coefficient (Wildman–Crippen LogP) is 0.461. The molecule has 104 valence electrons. The SMILES string of the molecule is CCOC(=O)C(CCC(=O)O)NC(=O)C(F)(F)F. The summed E-state index contributed by atoms with van der Waals surface area (Å²) in [5.41, 5.74) is 0. The van der Waals surface area contributed by atoms with Crippen LogP contribution in [0, 0.1) is 0 Å². The molecule has 0 aliphatic heterocycles. The third-order valence-corrected chi connectivity index (χ3v) is 1.78. The van der Waals surface area contributed by atoms with Gasteiger partial charge >= 0.3 is 24.0 Å². The fourth-order valence-electron chi connectivity index (χ4n) is 1.000. The Morgan fingerprint density at radius 2 is 1.89 bits per heavy atom. The molecule has 0 rings (SSSR count). The van der Waals surface area contributed by atoms with Crippen LogP contribution in [-0.4, -0.2) is 41.8 Å². The Labute approximate surface area is 100 Å². The molecule has 0 aromatic carbocycles. The fraction of sp³-hybridized carbons (Fsp3) is 0.667. The van der Waals surface area contributed by atoms with Crippen LogP contribution in [0.5, 0.6) is 0 Å². The molecule has 0 radical (unpaired) electrons. The molecule has 18 heavy (non-hydrogen) atoms. The van der Waals surface area contributed by atoms with Crippen LogP contribution in [-0.2, 0) is 19.1 Å². The number of rotatable bonds is 6. The maximum Gasteiger partial charge on any atom is 0.471 e. The van der Waals surface area contributed by atoms with Gasteiger partial charge in [0.05, 0.1) is 6.61 Å². The number of aliphatic carboxylic acids is 1. The summed E-state index contributed by atoms with van der Waals surface area (Å²) in [7, 11) is 0. The number of halogens is 3. The van der Waals surface area contributed by atoms with Gasteiger partial charge in [-0.3, -0.25) is 9.59 Å². The number of amides is 1. The Morgan fingerprint density at radius 3 is 2.28 bits per heavy atom. The summed E-state index contributed by atoms with van der Waals surface area (Å²) in [4.78, 5) is 32.1. The topological polar surface area (TPSA) is 92.7 Å². The van der Waals surface area contributed by atoms with E-state index in [0.717, 1.165) is 0 Å². The molecule has 0 fully saturated rings. The number of nitrogens with one attached hydrogen (secondary N) is 1. The Kier molecular flexibility index (Phi) is 6.14. The number of carboxylic acids is 1.